The Morgan fingerprint density at radius 1 is 1.30 bits per heavy atom. The first-order chi connectivity index (χ1) is 14.0. The zero-order chi connectivity index (χ0) is 22.0. The Kier molecular flexibility index (Phi) is 5.03. The van der Waals surface area contributed by atoms with E-state index in [1.54, 1.807) is 39.0 Å². The molecule has 3 heterocycles. The molecule has 2 aromatic rings. The summed E-state index contributed by atoms with van der Waals surface area (Å²) in [6.45, 7) is 5.10. The molecule has 2 N–H and O–H groups in total. The Morgan fingerprint density at radius 3 is 2.53 bits per heavy atom. The molecule has 2 saturated heterocycles. The van der Waals surface area contributed by atoms with Crippen LogP contribution in [0.15, 0.2) is 22.7 Å². The molecule has 0 spiro atoms. The lowest BCUT2D eigenvalue weighted by atomic mass is 9.95. The lowest BCUT2D eigenvalue weighted by Crippen LogP contribution is -2.70. The zero-order valence-electron chi connectivity index (χ0n) is 16.1. The Morgan fingerprint density at radius 2 is 1.93 bits per heavy atom. The van der Waals surface area contributed by atoms with Gasteiger partial charge in [0.05, 0.1) is 10.0 Å². The van der Waals surface area contributed by atoms with Crippen molar-refractivity contribution >= 4 is 52.7 Å². The van der Waals surface area contributed by atoms with Crippen molar-refractivity contribution < 1.29 is 24.0 Å². The van der Waals surface area contributed by atoms with Gasteiger partial charge in [0, 0.05) is 10.3 Å². The predicted octanol–water partition coefficient (Wildman–Crippen LogP) is 3.20. The van der Waals surface area contributed by atoms with Crippen molar-refractivity contribution in [1.29, 1.82) is 0 Å². The molecule has 2 unspecified atom stereocenters. The molecule has 2 aliphatic heterocycles. The topological polar surface area (TPSA) is 113 Å². The van der Waals surface area contributed by atoms with Gasteiger partial charge in [-0.15, -0.1) is 11.8 Å². The van der Waals surface area contributed by atoms with Gasteiger partial charge in [-0.2, -0.15) is 0 Å². The van der Waals surface area contributed by atoms with Crippen LogP contribution in [-0.2, 0) is 9.59 Å². The van der Waals surface area contributed by atoms with Crippen LogP contribution in [0.3, 0.4) is 0 Å². The molecule has 2 fully saturated rings. The third-order valence-corrected chi connectivity index (χ3v) is 7.45. The van der Waals surface area contributed by atoms with Gasteiger partial charge in [-0.1, -0.05) is 34.4 Å². The number of nitrogens with one attached hydrogen (secondary N) is 1. The number of hydrogen-bond acceptors (Lipinski definition) is 6. The minimum Gasteiger partial charge on any atom is -0.480 e. The third kappa shape index (κ3) is 3.07. The molecule has 8 nitrogen and oxygen atoms in total. The zero-order valence-corrected chi connectivity index (χ0v) is 18.4. The summed E-state index contributed by atoms with van der Waals surface area (Å²) < 4.78 is 4.52. The van der Waals surface area contributed by atoms with Crippen molar-refractivity contribution in [3.05, 3.63) is 39.6 Å². The van der Waals surface area contributed by atoms with Crippen LogP contribution in [0.4, 0.5) is 0 Å². The average Bonchev–Trinajstić information content (AvgIpc) is 3.14. The first kappa shape index (κ1) is 21.0. The minimum absolute atomic E-state index is 0.119. The van der Waals surface area contributed by atoms with Gasteiger partial charge in [0.1, 0.15) is 34.5 Å². The smallest absolute Gasteiger partial charge is 0.327 e. The van der Waals surface area contributed by atoms with E-state index in [2.05, 4.69) is 10.5 Å². The number of rotatable bonds is 4. The fourth-order valence-electron chi connectivity index (χ4n) is 3.89. The molecule has 158 valence electrons. The fourth-order valence-corrected chi connectivity index (χ4v) is 6.09. The number of aliphatic carboxylic acids is 1. The molecule has 1 aromatic carbocycles. The molecule has 1 aromatic heterocycles. The molecule has 0 saturated carbocycles. The van der Waals surface area contributed by atoms with E-state index in [4.69, 9.17) is 27.7 Å². The average molecular weight is 470 g/mol. The Labute approximate surface area is 185 Å². The minimum atomic E-state index is -1.07. The van der Waals surface area contributed by atoms with Gasteiger partial charge in [-0.05, 0) is 32.9 Å². The number of carbonyl (C=O) groups excluding carboxylic acids is 2. The lowest BCUT2D eigenvalue weighted by molar-refractivity contribution is -0.159. The van der Waals surface area contributed by atoms with Gasteiger partial charge in [0.25, 0.3) is 5.91 Å². The molecule has 0 aliphatic carbocycles. The van der Waals surface area contributed by atoms with Crippen LogP contribution >= 0.6 is 35.0 Å². The van der Waals surface area contributed by atoms with Crippen LogP contribution in [0.25, 0.3) is 11.3 Å². The van der Waals surface area contributed by atoms with Gasteiger partial charge in [-0.25, -0.2) is 4.79 Å². The Balaban J connectivity index is 1.62. The number of halogens is 2. The normalized spacial score (nSPS) is 24.4. The van der Waals surface area contributed by atoms with E-state index in [9.17, 15) is 19.5 Å². The number of amides is 2. The second-order valence-corrected chi connectivity index (χ2v) is 10.2. The number of aryl methyl sites for hydroxylation is 1. The van der Waals surface area contributed by atoms with E-state index in [1.165, 1.54) is 16.7 Å². The second kappa shape index (κ2) is 7.18. The quantitative estimate of drug-likeness (QED) is 0.660. The van der Waals surface area contributed by atoms with Gasteiger partial charge >= 0.3 is 5.97 Å². The van der Waals surface area contributed by atoms with E-state index in [0.717, 1.165) is 0 Å². The summed E-state index contributed by atoms with van der Waals surface area (Å²) in [7, 11) is 0. The van der Waals surface area contributed by atoms with Gasteiger partial charge in [-0.3, -0.25) is 9.59 Å². The highest BCUT2D eigenvalue weighted by Gasteiger charge is 2.64. The van der Waals surface area contributed by atoms with Crippen molar-refractivity contribution in [2.24, 2.45) is 0 Å². The predicted molar refractivity (Wildman–Crippen MR) is 112 cm³/mol. The highest BCUT2D eigenvalue weighted by atomic mass is 35.5. The van der Waals surface area contributed by atoms with Gasteiger partial charge in [0.15, 0.2) is 0 Å². The summed E-state index contributed by atoms with van der Waals surface area (Å²) in [6, 6.07) is 3.09. The summed E-state index contributed by atoms with van der Waals surface area (Å²) >= 11 is 13.8. The largest absolute Gasteiger partial charge is 0.480 e. The summed E-state index contributed by atoms with van der Waals surface area (Å²) in [6.07, 6.45) is 0. The van der Waals surface area contributed by atoms with Crippen molar-refractivity contribution in [2.75, 3.05) is 0 Å². The van der Waals surface area contributed by atoms with Crippen molar-refractivity contribution in [2.45, 2.75) is 43.0 Å². The maximum absolute atomic E-state index is 13.1. The summed E-state index contributed by atoms with van der Waals surface area (Å²) in [5, 5.41) is 16.3. The molecular formula is C19H17Cl2N3O5S. The number of carbonyl (C=O) groups is 3. The van der Waals surface area contributed by atoms with Gasteiger partial charge < -0.3 is 19.8 Å². The van der Waals surface area contributed by atoms with E-state index < -0.39 is 40.0 Å². The second-order valence-electron chi connectivity index (χ2n) is 7.61. The molecule has 0 radical (unpaired) electrons. The maximum atomic E-state index is 13.1. The molecule has 2 aliphatic rings. The standard InChI is InChI=1S/C19H17Cl2N3O5S/c1-7-10(12(23-29-7)11-8(20)5-4-6-9(11)21)15(25)22-13-16(26)24-14(18(27)28)19(2,3)30-17(13)24/h4-6,13-14,17H,1-3H3,(H,22,25)(H,27,28)/t13?,14-,17?/m0/s1. The number of fused-ring (bicyclic) bond motifs is 1. The molecule has 11 heteroatoms. The number of benzene rings is 1. The number of β-lactam (4-membered cyclic amide) rings is 1. The van der Waals surface area contributed by atoms with Crippen molar-refractivity contribution in [3.63, 3.8) is 0 Å². The molecule has 2 amide bonds. The first-order valence-electron chi connectivity index (χ1n) is 8.99. The van der Waals surface area contributed by atoms with Gasteiger partial charge in [0.2, 0.25) is 5.91 Å². The van der Waals surface area contributed by atoms with Crippen molar-refractivity contribution in [3.8, 4) is 11.3 Å². The van der Waals surface area contributed by atoms with Crippen LogP contribution in [0, 0.1) is 6.92 Å². The Hall–Kier alpha value is -2.23. The molecule has 3 atom stereocenters. The number of carboxylic acid groups (broad SMARTS) is 1. The number of carboxylic acids is 1. The molecule has 0 bridgehead atoms. The maximum Gasteiger partial charge on any atom is 0.327 e. The molecule has 30 heavy (non-hydrogen) atoms. The summed E-state index contributed by atoms with van der Waals surface area (Å²) in [5.41, 5.74) is 0.645. The molecule has 4 rings (SSSR count). The van der Waals surface area contributed by atoms with E-state index in [0.29, 0.717) is 15.6 Å². The number of hydrogen-bond donors (Lipinski definition) is 2. The SMILES string of the molecule is Cc1onc(-c2c(Cl)cccc2Cl)c1C(=O)NC1C(=O)N2C1SC(C)(C)[C@@H]2C(=O)O. The molecular weight excluding hydrogens is 453 g/mol. The highest BCUT2D eigenvalue weighted by molar-refractivity contribution is 8.01. The van der Waals surface area contributed by atoms with Crippen LogP contribution in [0.1, 0.15) is 30.0 Å². The van der Waals surface area contributed by atoms with E-state index >= 15 is 0 Å². The van der Waals surface area contributed by atoms with Crippen molar-refractivity contribution in [1.82, 2.24) is 15.4 Å². The lowest BCUT2D eigenvalue weighted by Gasteiger charge is -2.43. The fraction of sp³-hybridized carbons (Fsp3) is 0.368. The van der Waals surface area contributed by atoms with Crippen LogP contribution in [0.5, 0.6) is 0 Å². The monoisotopic (exact) mass is 469 g/mol. The van der Waals surface area contributed by atoms with Crippen LogP contribution in [0.2, 0.25) is 10.0 Å². The number of nitrogens with zero attached hydrogens (tertiary/aromatic N) is 2. The van der Waals surface area contributed by atoms with Crippen LogP contribution in [-0.4, -0.2) is 55.2 Å². The van der Waals surface area contributed by atoms with E-state index in [-0.39, 0.29) is 17.0 Å². The third-order valence-electron chi connectivity index (χ3n) is 5.25. The Bertz CT molecular complexity index is 1070. The number of thioether (sulfide) groups is 1. The summed E-state index contributed by atoms with van der Waals surface area (Å²) in [5.74, 6) is -1.84. The highest BCUT2D eigenvalue weighted by Crippen LogP contribution is 2.51. The first-order valence-corrected chi connectivity index (χ1v) is 10.6. The van der Waals surface area contributed by atoms with Crippen LogP contribution < -0.4 is 5.32 Å². The summed E-state index contributed by atoms with van der Waals surface area (Å²) in [4.78, 5) is 38.7. The van der Waals surface area contributed by atoms with E-state index in [1.807, 2.05) is 0 Å². The number of aromatic nitrogens is 1.